The third kappa shape index (κ3) is 1.29. The zero-order chi connectivity index (χ0) is 13.1. The average molecular weight is 246 g/mol. The van der Waals surface area contributed by atoms with Gasteiger partial charge in [0.25, 0.3) is 0 Å². The summed E-state index contributed by atoms with van der Waals surface area (Å²) in [5, 5.41) is 10.7. The van der Waals surface area contributed by atoms with Crippen LogP contribution < -0.4 is 10.4 Å². The van der Waals surface area contributed by atoms with Crippen LogP contribution in [0.1, 0.15) is 26.3 Å². The topological polar surface area (TPSA) is 59.7 Å². The highest BCUT2D eigenvalue weighted by Gasteiger charge is 2.42. The molecule has 0 amide bonds. The molecule has 1 atom stereocenters. The molecule has 94 valence electrons. The van der Waals surface area contributed by atoms with Crippen molar-refractivity contribution in [2.24, 2.45) is 0 Å². The molecule has 0 saturated heterocycles. The van der Waals surface area contributed by atoms with E-state index in [1.807, 2.05) is 20.8 Å². The van der Waals surface area contributed by atoms with E-state index in [9.17, 15) is 9.90 Å². The second-order valence-electron chi connectivity index (χ2n) is 5.25. The monoisotopic (exact) mass is 246 g/mol. The minimum Gasteiger partial charge on any atom is -0.504 e. The number of hydrogen-bond acceptors (Lipinski definition) is 4. The second-order valence-corrected chi connectivity index (χ2v) is 5.25. The molecule has 2 heterocycles. The van der Waals surface area contributed by atoms with Gasteiger partial charge in [0, 0.05) is 16.9 Å². The van der Waals surface area contributed by atoms with Crippen LogP contribution in [0.25, 0.3) is 11.0 Å². The van der Waals surface area contributed by atoms with Crippen LogP contribution >= 0.6 is 0 Å². The van der Waals surface area contributed by atoms with Gasteiger partial charge in [0.2, 0.25) is 0 Å². The number of aromatic hydroxyl groups is 1. The SMILES string of the molecule is CC1Oc2c(O)cc3ccc(=O)oc3c2C1(C)C. The summed E-state index contributed by atoms with van der Waals surface area (Å²) in [6, 6.07) is 4.56. The number of hydrogen-bond donors (Lipinski definition) is 1. The van der Waals surface area contributed by atoms with Crippen LogP contribution in [0.4, 0.5) is 0 Å². The number of fused-ring (bicyclic) bond motifs is 3. The Kier molecular flexibility index (Phi) is 2.03. The number of phenolic OH excluding ortho intramolecular Hbond substituents is 1. The fraction of sp³-hybridized carbons (Fsp3) is 0.357. The van der Waals surface area contributed by atoms with Gasteiger partial charge < -0.3 is 14.3 Å². The van der Waals surface area contributed by atoms with E-state index >= 15 is 0 Å². The minimum atomic E-state index is -0.397. The molecule has 3 rings (SSSR count). The van der Waals surface area contributed by atoms with Crippen LogP contribution in [0.5, 0.6) is 11.5 Å². The van der Waals surface area contributed by atoms with E-state index in [-0.39, 0.29) is 17.3 Å². The molecular formula is C14H14O4. The van der Waals surface area contributed by atoms with Crippen molar-refractivity contribution in [3.63, 3.8) is 0 Å². The summed E-state index contributed by atoms with van der Waals surface area (Å²) in [7, 11) is 0. The van der Waals surface area contributed by atoms with Gasteiger partial charge in [-0.05, 0) is 19.1 Å². The first-order chi connectivity index (χ1) is 8.41. The quantitative estimate of drug-likeness (QED) is 0.726. The predicted molar refractivity (Wildman–Crippen MR) is 67.3 cm³/mol. The van der Waals surface area contributed by atoms with Crippen LogP contribution in [0.15, 0.2) is 27.4 Å². The Balaban J connectivity index is 2.49. The van der Waals surface area contributed by atoms with E-state index in [4.69, 9.17) is 9.15 Å². The number of phenols is 1. The van der Waals surface area contributed by atoms with Crippen LogP contribution in [0.3, 0.4) is 0 Å². The zero-order valence-electron chi connectivity index (χ0n) is 10.5. The zero-order valence-corrected chi connectivity index (χ0v) is 10.5. The Morgan fingerprint density at radius 3 is 2.78 bits per heavy atom. The van der Waals surface area contributed by atoms with Crippen LogP contribution in [0.2, 0.25) is 0 Å². The molecule has 1 N–H and O–H groups in total. The lowest BCUT2D eigenvalue weighted by atomic mass is 9.81. The smallest absolute Gasteiger partial charge is 0.336 e. The van der Waals surface area contributed by atoms with Crippen molar-refractivity contribution in [1.82, 2.24) is 0 Å². The van der Waals surface area contributed by atoms with E-state index in [1.165, 1.54) is 6.07 Å². The molecule has 0 bridgehead atoms. The van der Waals surface area contributed by atoms with Gasteiger partial charge in [-0.15, -0.1) is 0 Å². The van der Waals surface area contributed by atoms with Crippen molar-refractivity contribution in [3.8, 4) is 11.5 Å². The maximum absolute atomic E-state index is 11.4. The van der Waals surface area contributed by atoms with Crippen molar-refractivity contribution in [3.05, 3.63) is 34.2 Å². The first kappa shape index (κ1) is 11.1. The summed E-state index contributed by atoms with van der Waals surface area (Å²) in [6.07, 6.45) is -0.0884. The highest BCUT2D eigenvalue weighted by molar-refractivity contribution is 5.86. The van der Waals surface area contributed by atoms with E-state index in [2.05, 4.69) is 0 Å². The van der Waals surface area contributed by atoms with Gasteiger partial charge >= 0.3 is 5.63 Å². The Labute approximate surface area is 104 Å². The molecule has 0 aliphatic carbocycles. The lowest BCUT2D eigenvalue weighted by Gasteiger charge is -2.22. The lowest BCUT2D eigenvalue weighted by Crippen LogP contribution is -2.29. The molecule has 1 unspecified atom stereocenters. The first-order valence-electron chi connectivity index (χ1n) is 5.88. The third-order valence-electron chi connectivity index (χ3n) is 3.80. The number of ether oxygens (including phenoxy) is 1. The second kappa shape index (κ2) is 3.28. The van der Waals surface area contributed by atoms with Crippen molar-refractivity contribution in [1.29, 1.82) is 0 Å². The fourth-order valence-electron chi connectivity index (χ4n) is 2.41. The van der Waals surface area contributed by atoms with Crippen LogP contribution in [0, 0.1) is 0 Å². The Morgan fingerprint density at radius 2 is 2.06 bits per heavy atom. The summed E-state index contributed by atoms with van der Waals surface area (Å²) in [5.41, 5.74) is 0.557. The molecule has 1 aromatic heterocycles. The van der Waals surface area contributed by atoms with Crippen LogP contribution in [-0.4, -0.2) is 11.2 Å². The Hall–Kier alpha value is -1.97. The normalized spacial score (nSPS) is 20.7. The van der Waals surface area contributed by atoms with Crippen molar-refractivity contribution < 1.29 is 14.3 Å². The standard InChI is InChI=1S/C14H14O4/c1-7-14(2,3)11-12-8(4-5-10(16)18-12)6-9(15)13(11)17-7/h4-7,15H,1-3H3. The molecule has 1 aliphatic heterocycles. The maximum atomic E-state index is 11.4. The van der Waals surface area contributed by atoms with Gasteiger partial charge in [0.1, 0.15) is 11.7 Å². The lowest BCUT2D eigenvalue weighted by molar-refractivity contribution is 0.181. The van der Waals surface area contributed by atoms with Crippen molar-refractivity contribution in [2.45, 2.75) is 32.3 Å². The summed E-state index contributed by atoms with van der Waals surface area (Å²) in [6.45, 7) is 5.96. The third-order valence-corrected chi connectivity index (χ3v) is 3.80. The number of rotatable bonds is 0. The van der Waals surface area contributed by atoms with E-state index in [0.29, 0.717) is 16.7 Å². The Bertz CT molecular complexity index is 697. The van der Waals surface area contributed by atoms with Crippen LogP contribution in [-0.2, 0) is 5.41 Å². The largest absolute Gasteiger partial charge is 0.504 e. The molecule has 4 nitrogen and oxygen atoms in total. The summed E-state index contributed by atoms with van der Waals surface area (Å²) >= 11 is 0. The fourth-order valence-corrected chi connectivity index (χ4v) is 2.41. The summed E-state index contributed by atoms with van der Waals surface area (Å²) < 4.78 is 11.0. The highest BCUT2D eigenvalue weighted by Crippen LogP contribution is 2.50. The molecule has 0 radical (unpaired) electrons. The molecule has 4 heteroatoms. The van der Waals surface area contributed by atoms with E-state index in [0.717, 1.165) is 5.56 Å². The maximum Gasteiger partial charge on any atom is 0.336 e. The molecule has 0 fully saturated rings. The molecule has 1 aliphatic rings. The predicted octanol–water partition coefficient (Wildman–Crippen LogP) is 2.56. The summed E-state index contributed by atoms with van der Waals surface area (Å²) in [5.74, 6) is 0.512. The molecular weight excluding hydrogens is 232 g/mol. The molecule has 0 saturated carbocycles. The van der Waals surface area contributed by atoms with Gasteiger partial charge in [-0.25, -0.2) is 4.79 Å². The van der Waals surface area contributed by atoms with E-state index < -0.39 is 5.63 Å². The Morgan fingerprint density at radius 1 is 1.33 bits per heavy atom. The highest BCUT2D eigenvalue weighted by atomic mass is 16.5. The van der Waals surface area contributed by atoms with E-state index in [1.54, 1.807) is 12.1 Å². The molecule has 1 aromatic carbocycles. The van der Waals surface area contributed by atoms with Gasteiger partial charge in [-0.1, -0.05) is 13.8 Å². The van der Waals surface area contributed by atoms with Gasteiger partial charge in [-0.3, -0.25) is 0 Å². The van der Waals surface area contributed by atoms with Gasteiger partial charge in [0.05, 0.1) is 5.56 Å². The molecule has 18 heavy (non-hydrogen) atoms. The van der Waals surface area contributed by atoms with Gasteiger partial charge in [0.15, 0.2) is 11.5 Å². The number of benzene rings is 1. The van der Waals surface area contributed by atoms with Gasteiger partial charge in [-0.2, -0.15) is 0 Å². The summed E-state index contributed by atoms with van der Waals surface area (Å²) in [4.78, 5) is 11.4. The minimum absolute atomic E-state index is 0.0868. The van der Waals surface area contributed by atoms with Crippen molar-refractivity contribution >= 4 is 11.0 Å². The first-order valence-corrected chi connectivity index (χ1v) is 5.88. The molecule has 2 aromatic rings. The van der Waals surface area contributed by atoms with Crippen molar-refractivity contribution in [2.75, 3.05) is 0 Å². The average Bonchev–Trinajstić information content (AvgIpc) is 2.53. The molecule has 0 spiro atoms.